The first kappa shape index (κ1) is 24.0. The van der Waals surface area contributed by atoms with E-state index in [1.54, 1.807) is 6.08 Å². The highest BCUT2D eigenvalue weighted by atomic mass is 16.5. The minimum atomic E-state index is 0.130. The lowest BCUT2D eigenvalue weighted by Crippen LogP contribution is -2.21. The molecule has 0 aromatic heterocycles. The lowest BCUT2D eigenvalue weighted by atomic mass is 10.0. The highest BCUT2D eigenvalue weighted by Crippen LogP contribution is 2.20. The van der Waals surface area contributed by atoms with Crippen LogP contribution in [0.3, 0.4) is 0 Å². The van der Waals surface area contributed by atoms with Gasteiger partial charge in [-0.2, -0.15) is 0 Å². The first-order valence-corrected chi connectivity index (χ1v) is 11.7. The van der Waals surface area contributed by atoms with Gasteiger partial charge in [-0.15, -0.1) is 0 Å². The van der Waals surface area contributed by atoms with Gasteiger partial charge in [-0.25, -0.2) is 0 Å². The first-order valence-electron chi connectivity index (χ1n) is 11.7. The third-order valence-corrected chi connectivity index (χ3v) is 5.43. The van der Waals surface area contributed by atoms with Crippen molar-refractivity contribution < 1.29 is 9.53 Å². The highest BCUT2D eigenvalue weighted by Gasteiger charge is 2.18. The first-order chi connectivity index (χ1) is 13.2. The summed E-state index contributed by atoms with van der Waals surface area (Å²) in [7, 11) is 0. The van der Waals surface area contributed by atoms with Crippen LogP contribution in [0.1, 0.15) is 123 Å². The molecule has 0 aromatic rings. The quantitative estimate of drug-likeness (QED) is 0.189. The number of unbranched alkanes of at least 4 members (excludes halogenated alkanes) is 13. The van der Waals surface area contributed by atoms with Gasteiger partial charge in [-0.05, 0) is 45.4 Å². The molecule has 0 radical (unpaired) electrons. The predicted molar refractivity (Wildman–Crippen MR) is 117 cm³/mol. The zero-order chi connectivity index (χ0) is 19.6. The Morgan fingerprint density at radius 2 is 1.37 bits per heavy atom. The molecule has 0 saturated carbocycles. The second-order valence-electron chi connectivity index (χ2n) is 8.25. The summed E-state index contributed by atoms with van der Waals surface area (Å²) < 4.78 is 5.72. The molecule has 0 N–H and O–H groups in total. The van der Waals surface area contributed by atoms with Crippen molar-refractivity contribution in [2.24, 2.45) is 0 Å². The second kappa shape index (κ2) is 17.1. The van der Waals surface area contributed by atoms with E-state index >= 15 is 0 Å². The molecular formula is C25H44O2. The Kier molecular flexibility index (Phi) is 15.2. The van der Waals surface area contributed by atoms with Gasteiger partial charge in [-0.3, -0.25) is 4.79 Å². The molecule has 1 aliphatic heterocycles. The van der Waals surface area contributed by atoms with Gasteiger partial charge >= 0.3 is 0 Å². The molecule has 1 rings (SSSR count). The summed E-state index contributed by atoms with van der Waals surface area (Å²) in [5.41, 5.74) is 0. The third kappa shape index (κ3) is 14.7. The molecule has 1 heterocycles. The number of hydrogen-bond donors (Lipinski definition) is 0. The van der Waals surface area contributed by atoms with Gasteiger partial charge < -0.3 is 4.74 Å². The van der Waals surface area contributed by atoms with Crippen LogP contribution < -0.4 is 0 Å². The van der Waals surface area contributed by atoms with Gasteiger partial charge in [0.2, 0.25) is 0 Å². The van der Waals surface area contributed by atoms with E-state index in [0.29, 0.717) is 6.42 Å². The van der Waals surface area contributed by atoms with Gasteiger partial charge in [0.15, 0.2) is 5.78 Å². The SMILES string of the molecule is CCCCCCCC/C=C\CCCCCCCCCC1CC(=O)C=C(C)O1. The zero-order valence-electron chi connectivity index (χ0n) is 18.1. The van der Waals surface area contributed by atoms with Crippen molar-refractivity contribution in [3.63, 3.8) is 0 Å². The molecule has 0 fully saturated rings. The predicted octanol–water partition coefficient (Wildman–Crippen LogP) is 8.07. The third-order valence-electron chi connectivity index (χ3n) is 5.43. The van der Waals surface area contributed by atoms with Crippen molar-refractivity contribution in [2.45, 2.75) is 129 Å². The maximum Gasteiger partial charge on any atom is 0.162 e. The number of carbonyl (C=O) groups excluding carboxylic acids is 1. The van der Waals surface area contributed by atoms with Crippen LogP contribution in [-0.2, 0) is 9.53 Å². The fourth-order valence-electron chi connectivity index (χ4n) is 3.81. The van der Waals surface area contributed by atoms with Crippen molar-refractivity contribution >= 4 is 5.78 Å². The summed E-state index contributed by atoms with van der Waals surface area (Å²) in [4.78, 5) is 11.5. The van der Waals surface area contributed by atoms with Gasteiger partial charge in [0.1, 0.15) is 6.10 Å². The van der Waals surface area contributed by atoms with Crippen molar-refractivity contribution in [2.75, 3.05) is 0 Å². The normalized spacial score (nSPS) is 17.3. The summed E-state index contributed by atoms with van der Waals surface area (Å²) in [5, 5.41) is 0. The Balaban J connectivity index is 1.78. The van der Waals surface area contributed by atoms with E-state index in [-0.39, 0.29) is 11.9 Å². The van der Waals surface area contributed by atoms with E-state index in [4.69, 9.17) is 4.74 Å². The van der Waals surface area contributed by atoms with Crippen molar-refractivity contribution in [1.82, 2.24) is 0 Å². The van der Waals surface area contributed by atoms with Gasteiger partial charge in [0.25, 0.3) is 0 Å². The van der Waals surface area contributed by atoms with Crippen LogP contribution in [-0.4, -0.2) is 11.9 Å². The number of ketones is 1. The Morgan fingerprint density at radius 3 is 1.93 bits per heavy atom. The molecule has 0 spiro atoms. The smallest absolute Gasteiger partial charge is 0.162 e. The Bertz CT molecular complexity index is 422. The largest absolute Gasteiger partial charge is 0.494 e. The molecule has 0 aromatic carbocycles. The average molecular weight is 377 g/mol. The molecule has 1 atom stereocenters. The molecule has 0 amide bonds. The maximum absolute atomic E-state index is 11.5. The van der Waals surface area contributed by atoms with E-state index < -0.39 is 0 Å². The van der Waals surface area contributed by atoms with Crippen LogP contribution in [0.25, 0.3) is 0 Å². The Labute approximate surface area is 168 Å². The minimum absolute atomic E-state index is 0.130. The number of rotatable bonds is 17. The molecule has 0 saturated heterocycles. The number of allylic oxidation sites excluding steroid dienone is 4. The standard InChI is InChI=1S/C25H44O2/c1-3-4-5-6-7-8-9-10-11-12-13-14-15-16-17-18-19-20-25-22-24(26)21-23(2)27-25/h10-11,21,25H,3-9,12-20,22H2,1-2H3/b11-10-. The number of hydrogen-bond acceptors (Lipinski definition) is 2. The molecule has 27 heavy (non-hydrogen) atoms. The molecule has 2 heteroatoms. The van der Waals surface area contributed by atoms with Gasteiger partial charge in [0.05, 0.1) is 5.76 Å². The molecule has 0 bridgehead atoms. The molecule has 0 aliphatic carbocycles. The number of carbonyl (C=O) groups is 1. The summed E-state index contributed by atoms with van der Waals surface area (Å²) in [5.74, 6) is 1.02. The van der Waals surface area contributed by atoms with E-state index in [1.807, 2.05) is 6.92 Å². The van der Waals surface area contributed by atoms with E-state index in [1.165, 1.54) is 96.3 Å². The minimum Gasteiger partial charge on any atom is -0.494 e. The summed E-state index contributed by atoms with van der Waals surface area (Å²) in [6.07, 6.45) is 28.3. The van der Waals surface area contributed by atoms with Crippen LogP contribution >= 0.6 is 0 Å². The summed E-state index contributed by atoms with van der Waals surface area (Å²) in [6, 6.07) is 0. The van der Waals surface area contributed by atoms with Gasteiger partial charge in [0, 0.05) is 12.5 Å². The van der Waals surface area contributed by atoms with E-state index in [9.17, 15) is 4.79 Å². The van der Waals surface area contributed by atoms with Crippen LogP contribution in [0.15, 0.2) is 24.0 Å². The van der Waals surface area contributed by atoms with Crippen LogP contribution in [0.5, 0.6) is 0 Å². The molecular weight excluding hydrogens is 332 g/mol. The summed E-state index contributed by atoms with van der Waals surface area (Å²) in [6.45, 7) is 4.16. The maximum atomic E-state index is 11.5. The summed E-state index contributed by atoms with van der Waals surface area (Å²) >= 11 is 0. The molecule has 156 valence electrons. The van der Waals surface area contributed by atoms with Gasteiger partial charge in [-0.1, -0.05) is 83.3 Å². The van der Waals surface area contributed by atoms with E-state index in [0.717, 1.165) is 12.2 Å². The van der Waals surface area contributed by atoms with Crippen molar-refractivity contribution in [1.29, 1.82) is 0 Å². The van der Waals surface area contributed by atoms with Crippen molar-refractivity contribution in [3.05, 3.63) is 24.0 Å². The number of ether oxygens (including phenoxy) is 1. The topological polar surface area (TPSA) is 26.3 Å². The van der Waals surface area contributed by atoms with Crippen LogP contribution in [0.4, 0.5) is 0 Å². The lowest BCUT2D eigenvalue weighted by Gasteiger charge is -2.22. The fourth-order valence-corrected chi connectivity index (χ4v) is 3.81. The lowest BCUT2D eigenvalue weighted by molar-refractivity contribution is -0.118. The molecule has 2 nitrogen and oxygen atoms in total. The zero-order valence-corrected chi connectivity index (χ0v) is 18.1. The molecule has 1 unspecified atom stereocenters. The second-order valence-corrected chi connectivity index (χ2v) is 8.25. The monoisotopic (exact) mass is 376 g/mol. The Hall–Kier alpha value is -1.05. The van der Waals surface area contributed by atoms with Crippen molar-refractivity contribution in [3.8, 4) is 0 Å². The fraction of sp³-hybridized carbons (Fsp3) is 0.800. The van der Waals surface area contributed by atoms with E-state index in [2.05, 4.69) is 19.1 Å². The highest BCUT2D eigenvalue weighted by molar-refractivity contribution is 5.91. The average Bonchev–Trinajstić information content (AvgIpc) is 2.63. The van der Waals surface area contributed by atoms with Crippen LogP contribution in [0.2, 0.25) is 0 Å². The Morgan fingerprint density at radius 1 is 0.852 bits per heavy atom. The van der Waals surface area contributed by atoms with Crippen LogP contribution in [0, 0.1) is 0 Å². The molecule has 1 aliphatic rings.